The number of aromatic nitrogens is 2. The third-order valence-corrected chi connectivity index (χ3v) is 3.94. The lowest BCUT2D eigenvalue weighted by atomic mass is 10.0. The second-order valence-electron chi connectivity index (χ2n) is 3.90. The van der Waals surface area contributed by atoms with Crippen LogP contribution in [0.5, 0.6) is 0 Å². The van der Waals surface area contributed by atoms with Crippen molar-refractivity contribution in [2.45, 2.75) is 19.3 Å². The zero-order valence-corrected chi connectivity index (χ0v) is 12.0. The van der Waals surface area contributed by atoms with Crippen molar-refractivity contribution in [1.29, 1.82) is 0 Å². The van der Waals surface area contributed by atoms with E-state index in [1.54, 1.807) is 6.92 Å². The summed E-state index contributed by atoms with van der Waals surface area (Å²) in [5, 5.41) is 9.84. The topological polar surface area (TPSA) is 63.1 Å². The van der Waals surface area contributed by atoms with Gasteiger partial charge in [-0.2, -0.15) is 4.37 Å². The number of halogens is 1. The molecule has 1 aromatic heterocycles. The lowest BCUT2D eigenvalue weighted by molar-refractivity contribution is -0.138. The Morgan fingerprint density at radius 1 is 1.44 bits per heavy atom. The second kappa shape index (κ2) is 5.58. The molecular formula is C12H11BrN2O2S. The summed E-state index contributed by atoms with van der Waals surface area (Å²) in [6.07, 6.45) is 0.428. The van der Waals surface area contributed by atoms with E-state index < -0.39 is 11.9 Å². The Balaban J connectivity index is 2.22. The van der Waals surface area contributed by atoms with E-state index in [0.29, 0.717) is 17.3 Å². The van der Waals surface area contributed by atoms with Gasteiger partial charge in [0, 0.05) is 4.47 Å². The summed E-state index contributed by atoms with van der Waals surface area (Å²) in [4.78, 5) is 15.5. The Morgan fingerprint density at radius 3 is 2.61 bits per heavy atom. The normalized spacial score (nSPS) is 12.3. The highest BCUT2D eigenvalue weighted by molar-refractivity contribution is 9.10. The quantitative estimate of drug-likeness (QED) is 0.938. The van der Waals surface area contributed by atoms with Gasteiger partial charge in [-0.3, -0.25) is 4.79 Å². The Morgan fingerprint density at radius 2 is 2.11 bits per heavy atom. The van der Waals surface area contributed by atoms with Crippen molar-refractivity contribution >= 4 is 33.4 Å². The summed E-state index contributed by atoms with van der Waals surface area (Å²) in [6, 6.07) is 7.63. The van der Waals surface area contributed by atoms with Crippen LogP contribution in [0.2, 0.25) is 0 Å². The third-order valence-electron chi connectivity index (χ3n) is 2.49. The fourth-order valence-electron chi connectivity index (χ4n) is 1.59. The number of rotatable bonds is 4. The number of aliphatic carboxylic acids is 1. The van der Waals surface area contributed by atoms with Crippen molar-refractivity contribution in [1.82, 2.24) is 9.36 Å². The molecule has 2 rings (SSSR count). The minimum absolute atomic E-state index is 0.428. The highest BCUT2D eigenvalue weighted by Crippen LogP contribution is 2.23. The number of hydrogen-bond acceptors (Lipinski definition) is 4. The lowest BCUT2D eigenvalue weighted by Crippen LogP contribution is -2.14. The minimum atomic E-state index is -0.867. The SMILES string of the molecule is Cc1nsc(C(Cc2ccc(Br)cc2)C(=O)O)n1. The van der Waals surface area contributed by atoms with Crippen molar-refractivity contribution in [3.05, 3.63) is 45.1 Å². The number of carbonyl (C=O) groups is 1. The maximum atomic E-state index is 11.3. The number of nitrogens with zero attached hydrogens (tertiary/aromatic N) is 2. The highest BCUT2D eigenvalue weighted by Gasteiger charge is 2.24. The second-order valence-corrected chi connectivity index (χ2v) is 5.60. The molecule has 1 atom stereocenters. The average Bonchev–Trinajstić information content (AvgIpc) is 2.74. The molecule has 0 saturated heterocycles. The van der Waals surface area contributed by atoms with Gasteiger partial charge in [-0.1, -0.05) is 28.1 Å². The van der Waals surface area contributed by atoms with E-state index in [1.807, 2.05) is 24.3 Å². The van der Waals surface area contributed by atoms with Crippen LogP contribution in [-0.4, -0.2) is 20.4 Å². The Bertz CT molecular complexity index is 553. The van der Waals surface area contributed by atoms with E-state index >= 15 is 0 Å². The lowest BCUT2D eigenvalue weighted by Gasteiger charge is -2.08. The largest absolute Gasteiger partial charge is 0.481 e. The molecule has 0 aliphatic heterocycles. The van der Waals surface area contributed by atoms with Crippen molar-refractivity contribution in [3.8, 4) is 0 Å². The Labute approximate surface area is 117 Å². The summed E-state index contributed by atoms with van der Waals surface area (Å²) in [7, 11) is 0. The monoisotopic (exact) mass is 326 g/mol. The molecule has 6 heteroatoms. The van der Waals surface area contributed by atoms with Gasteiger partial charge >= 0.3 is 5.97 Å². The van der Waals surface area contributed by atoms with Crippen LogP contribution in [0.1, 0.15) is 22.3 Å². The molecule has 0 fully saturated rings. The van der Waals surface area contributed by atoms with Gasteiger partial charge in [0.25, 0.3) is 0 Å². The molecule has 1 aromatic carbocycles. The van der Waals surface area contributed by atoms with Gasteiger partial charge < -0.3 is 5.11 Å². The molecule has 1 N–H and O–H groups in total. The molecule has 0 amide bonds. The molecule has 0 aliphatic rings. The highest BCUT2D eigenvalue weighted by atomic mass is 79.9. The summed E-state index contributed by atoms with van der Waals surface area (Å²) in [5.41, 5.74) is 0.971. The standard InChI is InChI=1S/C12H11BrN2O2S/c1-7-14-11(18-15-7)10(12(16)17)6-8-2-4-9(13)5-3-8/h2-5,10H,6H2,1H3,(H,16,17). The molecule has 4 nitrogen and oxygen atoms in total. The fourth-order valence-corrected chi connectivity index (χ4v) is 2.61. The summed E-state index contributed by atoms with van der Waals surface area (Å²) < 4.78 is 5.01. The molecule has 0 aliphatic carbocycles. The van der Waals surface area contributed by atoms with E-state index in [2.05, 4.69) is 25.3 Å². The van der Waals surface area contributed by atoms with Gasteiger partial charge in [0.2, 0.25) is 0 Å². The van der Waals surface area contributed by atoms with Crippen LogP contribution >= 0.6 is 27.5 Å². The van der Waals surface area contributed by atoms with Gasteiger partial charge in [-0.25, -0.2) is 4.98 Å². The zero-order chi connectivity index (χ0) is 13.1. The Hall–Kier alpha value is -1.27. The summed E-state index contributed by atoms with van der Waals surface area (Å²) in [5.74, 6) is -0.872. The first-order valence-electron chi connectivity index (χ1n) is 5.33. The van der Waals surface area contributed by atoms with Crippen LogP contribution in [0.3, 0.4) is 0 Å². The van der Waals surface area contributed by atoms with E-state index in [4.69, 9.17) is 0 Å². The van der Waals surface area contributed by atoms with Crippen LogP contribution < -0.4 is 0 Å². The Kier molecular flexibility index (Phi) is 4.08. The van der Waals surface area contributed by atoms with Crippen molar-refractivity contribution in [3.63, 3.8) is 0 Å². The maximum Gasteiger partial charge on any atom is 0.313 e. The van der Waals surface area contributed by atoms with Gasteiger partial charge in [-0.05, 0) is 42.6 Å². The van der Waals surface area contributed by atoms with Crippen LogP contribution in [-0.2, 0) is 11.2 Å². The minimum Gasteiger partial charge on any atom is -0.481 e. The first kappa shape index (κ1) is 13.2. The molecule has 2 aromatic rings. The van der Waals surface area contributed by atoms with Gasteiger partial charge in [0.15, 0.2) is 0 Å². The van der Waals surface area contributed by atoms with E-state index in [-0.39, 0.29) is 0 Å². The zero-order valence-electron chi connectivity index (χ0n) is 9.63. The average molecular weight is 327 g/mol. The fraction of sp³-hybridized carbons (Fsp3) is 0.250. The third kappa shape index (κ3) is 3.14. The predicted molar refractivity (Wildman–Crippen MR) is 72.9 cm³/mol. The molecule has 1 heterocycles. The van der Waals surface area contributed by atoms with Crippen molar-refractivity contribution in [2.75, 3.05) is 0 Å². The number of hydrogen-bond donors (Lipinski definition) is 1. The first-order chi connectivity index (χ1) is 8.56. The smallest absolute Gasteiger partial charge is 0.313 e. The van der Waals surface area contributed by atoms with E-state index in [0.717, 1.165) is 21.6 Å². The molecule has 0 spiro atoms. The van der Waals surface area contributed by atoms with E-state index in [9.17, 15) is 9.90 Å². The maximum absolute atomic E-state index is 11.3. The number of carboxylic acid groups (broad SMARTS) is 1. The van der Waals surface area contributed by atoms with Crippen LogP contribution in [0, 0.1) is 6.92 Å². The molecule has 0 radical (unpaired) electrons. The summed E-state index contributed by atoms with van der Waals surface area (Å²) in [6.45, 7) is 1.76. The van der Waals surface area contributed by atoms with Gasteiger partial charge in [0.05, 0.1) is 0 Å². The number of aryl methyl sites for hydroxylation is 1. The molecular weight excluding hydrogens is 316 g/mol. The summed E-state index contributed by atoms with van der Waals surface area (Å²) >= 11 is 4.51. The number of carboxylic acids is 1. The molecule has 18 heavy (non-hydrogen) atoms. The van der Waals surface area contributed by atoms with Crippen LogP contribution in [0.15, 0.2) is 28.7 Å². The first-order valence-corrected chi connectivity index (χ1v) is 6.90. The molecule has 0 saturated carbocycles. The van der Waals surface area contributed by atoms with Crippen molar-refractivity contribution < 1.29 is 9.90 Å². The van der Waals surface area contributed by atoms with Crippen LogP contribution in [0.4, 0.5) is 0 Å². The van der Waals surface area contributed by atoms with Gasteiger partial charge in [-0.15, -0.1) is 0 Å². The number of benzene rings is 1. The van der Waals surface area contributed by atoms with E-state index in [1.165, 1.54) is 0 Å². The van der Waals surface area contributed by atoms with Crippen LogP contribution in [0.25, 0.3) is 0 Å². The molecule has 94 valence electrons. The molecule has 1 unspecified atom stereocenters. The van der Waals surface area contributed by atoms with Crippen molar-refractivity contribution in [2.24, 2.45) is 0 Å². The predicted octanol–water partition coefficient (Wildman–Crippen LogP) is 3.02. The van der Waals surface area contributed by atoms with Gasteiger partial charge in [0.1, 0.15) is 16.7 Å². The molecule has 0 bridgehead atoms.